The number of nitrogens with one attached hydrogen (secondary N) is 1. The first-order valence-corrected chi connectivity index (χ1v) is 10.2. The summed E-state index contributed by atoms with van der Waals surface area (Å²) in [6, 6.07) is 5.88. The summed E-state index contributed by atoms with van der Waals surface area (Å²) >= 11 is 7.35. The summed E-state index contributed by atoms with van der Waals surface area (Å²) in [6.45, 7) is 4.78. The van der Waals surface area contributed by atoms with Crippen LogP contribution in [-0.4, -0.2) is 53.0 Å². The molecule has 6 nitrogen and oxygen atoms in total. The molecular formula is C19H19ClFN5OS. The number of anilines is 2. The molecule has 0 radical (unpaired) electrons. The van der Waals surface area contributed by atoms with Crippen molar-refractivity contribution in [2.75, 3.05) is 36.4 Å². The zero-order chi connectivity index (χ0) is 19.7. The van der Waals surface area contributed by atoms with E-state index in [2.05, 4.69) is 25.1 Å². The molecule has 3 heterocycles. The van der Waals surface area contributed by atoms with Crippen LogP contribution in [0.25, 0.3) is 10.2 Å². The highest BCUT2D eigenvalue weighted by molar-refractivity contribution is 7.16. The van der Waals surface area contributed by atoms with Crippen LogP contribution in [0.1, 0.15) is 6.92 Å². The number of aromatic nitrogens is 2. The van der Waals surface area contributed by atoms with Crippen LogP contribution < -0.4 is 10.2 Å². The minimum absolute atomic E-state index is 0.140. The second kappa shape index (κ2) is 7.98. The number of carbonyl (C=O) groups is 1. The maximum absolute atomic E-state index is 13.9. The minimum atomic E-state index is -0.540. The van der Waals surface area contributed by atoms with Crippen molar-refractivity contribution in [2.24, 2.45) is 0 Å². The molecular weight excluding hydrogens is 401 g/mol. The van der Waals surface area contributed by atoms with Gasteiger partial charge in [-0.05, 0) is 36.6 Å². The van der Waals surface area contributed by atoms with Gasteiger partial charge in [0.15, 0.2) is 0 Å². The highest BCUT2D eigenvalue weighted by atomic mass is 35.5. The summed E-state index contributed by atoms with van der Waals surface area (Å²) < 4.78 is 13.9. The van der Waals surface area contributed by atoms with Gasteiger partial charge in [-0.3, -0.25) is 9.69 Å². The van der Waals surface area contributed by atoms with E-state index in [9.17, 15) is 9.18 Å². The monoisotopic (exact) mass is 419 g/mol. The van der Waals surface area contributed by atoms with E-state index in [-0.39, 0.29) is 17.6 Å². The standard InChI is InChI=1S/C19H19ClFN5OS/c1-12(18(27)24-16-3-2-13(20)10-15(16)21)25-5-7-26(8-6-25)17-14-4-9-28-19(14)23-11-22-17/h2-4,9-12H,5-8H2,1H3,(H,24,27). The average Bonchev–Trinajstić information content (AvgIpc) is 3.18. The highest BCUT2D eigenvalue weighted by Crippen LogP contribution is 2.27. The lowest BCUT2D eigenvalue weighted by Gasteiger charge is -2.38. The zero-order valence-corrected chi connectivity index (χ0v) is 16.8. The number of piperazine rings is 1. The Balaban J connectivity index is 1.39. The number of hydrogen-bond donors (Lipinski definition) is 1. The zero-order valence-electron chi connectivity index (χ0n) is 15.2. The van der Waals surface area contributed by atoms with Gasteiger partial charge in [-0.2, -0.15) is 0 Å². The largest absolute Gasteiger partial charge is 0.353 e. The number of benzene rings is 1. The molecule has 1 aromatic carbocycles. The van der Waals surface area contributed by atoms with E-state index in [4.69, 9.17) is 11.6 Å². The van der Waals surface area contributed by atoms with Gasteiger partial charge in [0.05, 0.1) is 17.1 Å². The summed E-state index contributed by atoms with van der Waals surface area (Å²) in [5, 5.41) is 6.02. The van der Waals surface area contributed by atoms with Gasteiger partial charge in [-0.1, -0.05) is 11.6 Å². The van der Waals surface area contributed by atoms with Crippen molar-refractivity contribution >= 4 is 50.6 Å². The molecule has 1 saturated heterocycles. The lowest BCUT2D eigenvalue weighted by Crippen LogP contribution is -2.53. The number of carbonyl (C=O) groups excluding carboxylic acids is 1. The van der Waals surface area contributed by atoms with Gasteiger partial charge in [-0.15, -0.1) is 11.3 Å². The molecule has 9 heteroatoms. The molecule has 3 aromatic rings. The molecule has 0 aliphatic carbocycles. The molecule has 146 valence electrons. The Morgan fingerprint density at radius 2 is 2.04 bits per heavy atom. The third kappa shape index (κ3) is 3.80. The Kier molecular flexibility index (Phi) is 5.43. The molecule has 1 atom stereocenters. The van der Waals surface area contributed by atoms with Crippen LogP contribution in [0.15, 0.2) is 36.0 Å². The fourth-order valence-corrected chi connectivity index (χ4v) is 4.23. The third-order valence-corrected chi connectivity index (χ3v) is 6.03. The molecule has 1 N–H and O–H groups in total. The summed E-state index contributed by atoms with van der Waals surface area (Å²) in [5.41, 5.74) is 0.140. The molecule has 1 fully saturated rings. The van der Waals surface area contributed by atoms with Gasteiger partial charge < -0.3 is 10.2 Å². The Labute approximate surface area is 170 Å². The van der Waals surface area contributed by atoms with Crippen LogP contribution in [-0.2, 0) is 4.79 Å². The second-order valence-corrected chi connectivity index (χ2v) is 7.98. The van der Waals surface area contributed by atoms with Crippen molar-refractivity contribution < 1.29 is 9.18 Å². The van der Waals surface area contributed by atoms with Gasteiger partial charge in [0.1, 0.15) is 22.8 Å². The molecule has 2 aromatic heterocycles. The summed E-state index contributed by atoms with van der Waals surface area (Å²) in [5.74, 6) is 0.157. The molecule has 0 spiro atoms. The lowest BCUT2D eigenvalue weighted by atomic mass is 10.2. The minimum Gasteiger partial charge on any atom is -0.353 e. The van der Waals surface area contributed by atoms with Crippen LogP contribution >= 0.6 is 22.9 Å². The normalized spacial score (nSPS) is 16.3. The van der Waals surface area contributed by atoms with Crippen LogP contribution in [0.4, 0.5) is 15.9 Å². The van der Waals surface area contributed by atoms with Crippen molar-refractivity contribution in [3.05, 3.63) is 46.8 Å². The summed E-state index contributed by atoms with van der Waals surface area (Å²) in [4.78, 5) is 26.6. The Morgan fingerprint density at radius 1 is 1.25 bits per heavy atom. The summed E-state index contributed by atoms with van der Waals surface area (Å²) in [6.07, 6.45) is 1.59. The molecule has 1 unspecified atom stereocenters. The first kappa shape index (κ1) is 19.0. The first-order valence-electron chi connectivity index (χ1n) is 8.96. The van der Waals surface area contributed by atoms with E-state index >= 15 is 0 Å². The quantitative estimate of drug-likeness (QED) is 0.699. The highest BCUT2D eigenvalue weighted by Gasteiger charge is 2.27. The number of hydrogen-bond acceptors (Lipinski definition) is 6. The number of nitrogens with zero attached hydrogens (tertiary/aromatic N) is 4. The SMILES string of the molecule is CC(C(=O)Nc1ccc(Cl)cc1F)N1CCN(c2ncnc3sccc23)CC1. The van der Waals surface area contributed by atoms with Gasteiger partial charge in [0.25, 0.3) is 0 Å². The molecule has 1 amide bonds. The van der Waals surface area contributed by atoms with E-state index in [0.717, 1.165) is 29.1 Å². The topological polar surface area (TPSA) is 61.4 Å². The molecule has 4 rings (SSSR count). The van der Waals surface area contributed by atoms with E-state index < -0.39 is 5.82 Å². The van der Waals surface area contributed by atoms with Crippen LogP contribution in [0.2, 0.25) is 5.02 Å². The van der Waals surface area contributed by atoms with Crippen molar-refractivity contribution in [3.63, 3.8) is 0 Å². The third-order valence-electron chi connectivity index (χ3n) is 4.97. The molecule has 1 aliphatic heterocycles. The van der Waals surface area contributed by atoms with E-state index in [0.29, 0.717) is 18.1 Å². The Morgan fingerprint density at radius 3 is 2.79 bits per heavy atom. The van der Waals surface area contributed by atoms with Crippen molar-refractivity contribution in [1.29, 1.82) is 0 Å². The van der Waals surface area contributed by atoms with Crippen LogP contribution in [0.3, 0.4) is 0 Å². The van der Waals surface area contributed by atoms with Gasteiger partial charge >= 0.3 is 0 Å². The van der Waals surface area contributed by atoms with E-state index in [1.54, 1.807) is 23.7 Å². The number of thiophene rings is 1. The molecule has 0 saturated carbocycles. The Bertz CT molecular complexity index is 1000. The predicted molar refractivity (Wildman–Crippen MR) is 111 cm³/mol. The van der Waals surface area contributed by atoms with Crippen molar-refractivity contribution in [2.45, 2.75) is 13.0 Å². The van der Waals surface area contributed by atoms with Gasteiger partial charge in [0.2, 0.25) is 5.91 Å². The van der Waals surface area contributed by atoms with Gasteiger partial charge in [-0.25, -0.2) is 14.4 Å². The van der Waals surface area contributed by atoms with Gasteiger partial charge in [0, 0.05) is 31.2 Å². The van der Waals surface area contributed by atoms with E-state index in [1.165, 1.54) is 12.1 Å². The predicted octanol–water partition coefficient (Wildman–Crippen LogP) is 3.63. The summed E-state index contributed by atoms with van der Waals surface area (Å²) in [7, 11) is 0. The van der Waals surface area contributed by atoms with Crippen molar-refractivity contribution in [3.8, 4) is 0 Å². The van der Waals surface area contributed by atoms with Crippen molar-refractivity contribution in [1.82, 2.24) is 14.9 Å². The Hall–Kier alpha value is -2.29. The fraction of sp³-hybridized carbons (Fsp3) is 0.316. The fourth-order valence-electron chi connectivity index (χ4n) is 3.34. The molecule has 28 heavy (non-hydrogen) atoms. The van der Waals surface area contributed by atoms with Crippen LogP contribution in [0.5, 0.6) is 0 Å². The number of fused-ring (bicyclic) bond motifs is 1. The maximum Gasteiger partial charge on any atom is 0.241 e. The number of rotatable bonds is 4. The number of halogens is 2. The molecule has 1 aliphatic rings. The number of amides is 1. The average molecular weight is 420 g/mol. The van der Waals surface area contributed by atoms with Crippen LogP contribution in [0, 0.1) is 5.82 Å². The van der Waals surface area contributed by atoms with E-state index in [1.807, 2.05) is 18.4 Å². The molecule has 0 bridgehead atoms. The lowest BCUT2D eigenvalue weighted by molar-refractivity contribution is -0.120. The first-order chi connectivity index (χ1) is 13.5. The smallest absolute Gasteiger partial charge is 0.241 e. The maximum atomic E-state index is 13.9. The second-order valence-electron chi connectivity index (χ2n) is 6.65.